The van der Waals surface area contributed by atoms with Crippen LogP contribution >= 0.6 is 0 Å². The van der Waals surface area contributed by atoms with Gasteiger partial charge in [-0.1, -0.05) is 24.3 Å². The molecule has 4 nitrogen and oxygen atoms in total. The highest BCUT2D eigenvalue weighted by atomic mass is 16.1. The van der Waals surface area contributed by atoms with Crippen molar-refractivity contribution in [3.8, 4) is 0 Å². The maximum absolute atomic E-state index is 12.0. The first-order valence-corrected chi connectivity index (χ1v) is 6.28. The Morgan fingerprint density at radius 2 is 2.16 bits per heavy atom. The molecule has 1 amide bonds. The van der Waals surface area contributed by atoms with Crippen molar-refractivity contribution in [2.75, 3.05) is 14.1 Å². The van der Waals surface area contributed by atoms with E-state index in [0.717, 1.165) is 17.7 Å². The third kappa shape index (κ3) is 2.58. The molecule has 0 aromatic heterocycles. The van der Waals surface area contributed by atoms with Gasteiger partial charge in [-0.3, -0.25) is 9.79 Å². The van der Waals surface area contributed by atoms with Crippen LogP contribution in [0.2, 0.25) is 0 Å². The Labute approximate surface area is 113 Å². The van der Waals surface area contributed by atoms with Crippen molar-refractivity contribution in [2.45, 2.75) is 18.4 Å². The van der Waals surface area contributed by atoms with Crippen LogP contribution in [0.4, 0.5) is 0 Å². The van der Waals surface area contributed by atoms with Crippen LogP contribution in [0.3, 0.4) is 0 Å². The number of amides is 1. The minimum Gasteiger partial charge on any atom is -0.369 e. The zero-order valence-corrected chi connectivity index (χ0v) is 11.3. The number of hydrogen-bond acceptors (Lipinski definition) is 3. The van der Waals surface area contributed by atoms with Gasteiger partial charge in [0, 0.05) is 25.4 Å². The average molecular weight is 257 g/mol. The summed E-state index contributed by atoms with van der Waals surface area (Å²) in [7, 11) is 4.01. The second-order valence-corrected chi connectivity index (χ2v) is 5.08. The highest BCUT2D eigenvalue weighted by Crippen LogP contribution is 2.33. The molecule has 2 N–H and O–H groups in total. The summed E-state index contributed by atoms with van der Waals surface area (Å²) in [6.07, 6.45) is 5.73. The Balaban J connectivity index is 2.52. The van der Waals surface area contributed by atoms with E-state index in [1.54, 1.807) is 12.4 Å². The number of primary amides is 1. The van der Waals surface area contributed by atoms with Crippen LogP contribution in [-0.4, -0.2) is 31.1 Å². The quantitative estimate of drug-likeness (QED) is 0.887. The third-order valence-corrected chi connectivity index (χ3v) is 3.39. The lowest BCUT2D eigenvalue weighted by molar-refractivity contribution is -0.121. The Hall–Kier alpha value is -1.94. The van der Waals surface area contributed by atoms with Gasteiger partial charge in [-0.15, -0.1) is 0 Å². The van der Waals surface area contributed by atoms with E-state index >= 15 is 0 Å². The fraction of sp³-hybridized carbons (Fsp3) is 0.333. The van der Waals surface area contributed by atoms with Crippen molar-refractivity contribution in [3.05, 3.63) is 47.7 Å². The second-order valence-electron chi connectivity index (χ2n) is 5.08. The summed E-state index contributed by atoms with van der Waals surface area (Å²) in [5.41, 5.74) is 6.99. The molecule has 0 bridgehead atoms. The van der Waals surface area contributed by atoms with Crippen LogP contribution in [0.15, 0.2) is 41.5 Å². The van der Waals surface area contributed by atoms with Crippen molar-refractivity contribution in [3.63, 3.8) is 0 Å². The summed E-state index contributed by atoms with van der Waals surface area (Å²) in [6, 6.07) is 7.95. The lowest BCUT2D eigenvalue weighted by atomic mass is 9.74. The first-order valence-electron chi connectivity index (χ1n) is 6.28. The number of carbonyl (C=O) groups is 1. The first kappa shape index (κ1) is 13.5. The van der Waals surface area contributed by atoms with E-state index in [2.05, 4.69) is 9.89 Å². The molecule has 19 heavy (non-hydrogen) atoms. The van der Waals surface area contributed by atoms with Gasteiger partial charge in [-0.2, -0.15) is 0 Å². The second kappa shape index (κ2) is 5.36. The summed E-state index contributed by atoms with van der Waals surface area (Å²) in [6.45, 7) is 0.774. The van der Waals surface area contributed by atoms with Crippen LogP contribution in [0.25, 0.3) is 0 Å². The number of aliphatic imine (C=N–C) groups is 1. The number of rotatable bonds is 4. The van der Waals surface area contributed by atoms with Gasteiger partial charge in [0.2, 0.25) is 5.91 Å². The molecule has 1 atom stereocenters. The van der Waals surface area contributed by atoms with Gasteiger partial charge in [0.25, 0.3) is 0 Å². The van der Waals surface area contributed by atoms with E-state index in [1.165, 1.54) is 0 Å². The van der Waals surface area contributed by atoms with Crippen LogP contribution in [0.5, 0.6) is 0 Å². The van der Waals surface area contributed by atoms with Gasteiger partial charge in [-0.05, 0) is 31.3 Å². The average Bonchev–Trinajstić information content (AvgIpc) is 2.39. The smallest absolute Gasteiger partial charge is 0.232 e. The predicted octanol–water partition coefficient (Wildman–Crippen LogP) is 1.46. The number of nitrogens with two attached hydrogens (primary N) is 1. The van der Waals surface area contributed by atoms with Gasteiger partial charge in [0.05, 0.1) is 5.41 Å². The lowest BCUT2D eigenvalue weighted by Crippen LogP contribution is -2.41. The highest BCUT2D eigenvalue weighted by molar-refractivity contribution is 5.93. The molecule has 4 heteroatoms. The molecule has 0 saturated heterocycles. The molecule has 0 radical (unpaired) electrons. The maximum Gasteiger partial charge on any atom is 0.232 e. The van der Waals surface area contributed by atoms with Gasteiger partial charge >= 0.3 is 0 Å². The summed E-state index contributed by atoms with van der Waals surface area (Å²) in [5, 5.41) is 0. The Bertz CT molecular complexity index is 534. The monoisotopic (exact) mass is 257 g/mol. The molecule has 1 unspecified atom stereocenters. The van der Waals surface area contributed by atoms with Crippen molar-refractivity contribution >= 4 is 12.1 Å². The first-order chi connectivity index (χ1) is 9.06. The Kier molecular flexibility index (Phi) is 3.81. The minimum atomic E-state index is -0.769. The molecule has 1 heterocycles. The van der Waals surface area contributed by atoms with Crippen LogP contribution in [-0.2, 0) is 16.8 Å². The van der Waals surface area contributed by atoms with Crippen LogP contribution < -0.4 is 5.73 Å². The van der Waals surface area contributed by atoms with Crippen molar-refractivity contribution < 1.29 is 4.79 Å². The van der Waals surface area contributed by atoms with Crippen LogP contribution in [0.1, 0.15) is 17.5 Å². The van der Waals surface area contributed by atoms with E-state index in [0.29, 0.717) is 6.42 Å². The Morgan fingerprint density at radius 3 is 2.74 bits per heavy atom. The fourth-order valence-electron chi connectivity index (χ4n) is 2.45. The van der Waals surface area contributed by atoms with E-state index in [1.807, 2.05) is 44.4 Å². The van der Waals surface area contributed by atoms with Gasteiger partial charge in [0.15, 0.2) is 0 Å². The van der Waals surface area contributed by atoms with Gasteiger partial charge in [0.1, 0.15) is 0 Å². The van der Waals surface area contributed by atoms with E-state index in [-0.39, 0.29) is 5.91 Å². The molecular formula is C15H19N3O. The SMILES string of the molecule is CN(C)Cc1ccccc1C1(C(N)=O)C=CN=CC1. The van der Waals surface area contributed by atoms with E-state index in [4.69, 9.17) is 5.73 Å². The highest BCUT2D eigenvalue weighted by Gasteiger charge is 2.37. The Morgan fingerprint density at radius 1 is 1.42 bits per heavy atom. The van der Waals surface area contributed by atoms with Gasteiger partial charge < -0.3 is 10.6 Å². The van der Waals surface area contributed by atoms with Crippen molar-refractivity contribution in [1.29, 1.82) is 0 Å². The molecule has 1 aliphatic rings. The number of benzene rings is 1. The summed E-state index contributed by atoms with van der Waals surface area (Å²) in [5.74, 6) is -0.332. The number of carbonyl (C=O) groups excluding carboxylic acids is 1. The fourth-order valence-corrected chi connectivity index (χ4v) is 2.45. The number of hydrogen-bond donors (Lipinski definition) is 1. The summed E-state index contributed by atoms with van der Waals surface area (Å²) < 4.78 is 0. The maximum atomic E-state index is 12.0. The predicted molar refractivity (Wildman–Crippen MR) is 77.0 cm³/mol. The number of nitrogens with zero attached hydrogens (tertiary/aromatic N) is 2. The van der Waals surface area contributed by atoms with Crippen molar-refractivity contribution in [1.82, 2.24) is 4.90 Å². The molecule has 0 saturated carbocycles. The largest absolute Gasteiger partial charge is 0.369 e. The minimum absolute atomic E-state index is 0.332. The normalized spacial score (nSPS) is 21.8. The molecule has 1 aromatic carbocycles. The van der Waals surface area contributed by atoms with Gasteiger partial charge in [-0.25, -0.2) is 0 Å². The molecule has 2 rings (SSSR count). The zero-order chi connectivity index (χ0) is 13.9. The molecule has 0 fully saturated rings. The van der Waals surface area contributed by atoms with E-state index < -0.39 is 5.41 Å². The molecule has 1 aromatic rings. The standard InChI is InChI=1S/C15H19N3O/c1-18(2)11-12-5-3-4-6-13(12)15(14(16)19)7-9-17-10-8-15/h3-7,9-10H,8,11H2,1-2H3,(H2,16,19). The molecule has 100 valence electrons. The molecular weight excluding hydrogens is 238 g/mol. The zero-order valence-electron chi connectivity index (χ0n) is 11.3. The summed E-state index contributed by atoms with van der Waals surface area (Å²) >= 11 is 0. The molecule has 0 spiro atoms. The third-order valence-electron chi connectivity index (χ3n) is 3.39. The molecule has 0 aliphatic carbocycles. The molecule has 1 aliphatic heterocycles. The topological polar surface area (TPSA) is 58.7 Å². The lowest BCUT2D eigenvalue weighted by Gasteiger charge is -2.30. The van der Waals surface area contributed by atoms with Crippen LogP contribution in [0, 0.1) is 0 Å². The van der Waals surface area contributed by atoms with Crippen molar-refractivity contribution in [2.24, 2.45) is 10.7 Å². The van der Waals surface area contributed by atoms with E-state index in [9.17, 15) is 4.79 Å². The summed E-state index contributed by atoms with van der Waals surface area (Å²) in [4.78, 5) is 18.1.